The summed E-state index contributed by atoms with van der Waals surface area (Å²) in [6, 6.07) is 7.53. The van der Waals surface area contributed by atoms with Gasteiger partial charge in [-0.05, 0) is 17.0 Å². The summed E-state index contributed by atoms with van der Waals surface area (Å²) in [6.07, 6.45) is -0.460. The number of benzene rings is 1. The SMILES string of the molecule is COCc1ccc(C(O)C(C)CC(=O)OC)cc1. The Morgan fingerprint density at radius 2 is 1.89 bits per heavy atom. The van der Waals surface area contributed by atoms with Crippen LogP contribution in [0.3, 0.4) is 0 Å². The molecule has 18 heavy (non-hydrogen) atoms. The van der Waals surface area contributed by atoms with Crippen LogP contribution in [0.4, 0.5) is 0 Å². The Kier molecular flexibility index (Phi) is 5.82. The highest BCUT2D eigenvalue weighted by Gasteiger charge is 2.19. The molecular formula is C14H20O4. The topological polar surface area (TPSA) is 55.8 Å². The van der Waals surface area contributed by atoms with Crippen LogP contribution >= 0.6 is 0 Å². The van der Waals surface area contributed by atoms with Crippen molar-refractivity contribution in [2.75, 3.05) is 14.2 Å². The van der Waals surface area contributed by atoms with Gasteiger partial charge in [-0.15, -0.1) is 0 Å². The average Bonchev–Trinajstić information content (AvgIpc) is 2.39. The van der Waals surface area contributed by atoms with Gasteiger partial charge in [0.2, 0.25) is 0 Å². The van der Waals surface area contributed by atoms with Crippen LogP contribution in [-0.2, 0) is 20.9 Å². The number of aliphatic hydroxyl groups is 1. The van der Waals surface area contributed by atoms with E-state index in [0.29, 0.717) is 6.61 Å². The van der Waals surface area contributed by atoms with Gasteiger partial charge in [-0.1, -0.05) is 31.2 Å². The Morgan fingerprint density at radius 3 is 2.39 bits per heavy atom. The van der Waals surface area contributed by atoms with Crippen LogP contribution in [0.15, 0.2) is 24.3 Å². The van der Waals surface area contributed by atoms with Crippen molar-refractivity contribution in [3.05, 3.63) is 35.4 Å². The lowest BCUT2D eigenvalue weighted by molar-refractivity contribution is -0.142. The predicted octanol–water partition coefficient (Wildman–Crippen LogP) is 2.07. The minimum absolute atomic E-state index is 0.175. The van der Waals surface area contributed by atoms with Crippen molar-refractivity contribution < 1.29 is 19.4 Å². The van der Waals surface area contributed by atoms with E-state index >= 15 is 0 Å². The normalized spacial score (nSPS) is 14.0. The molecule has 2 unspecified atom stereocenters. The van der Waals surface area contributed by atoms with Gasteiger partial charge in [0.25, 0.3) is 0 Å². The minimum Gasteiger partial charge on any atom is -0.469 e. The van der Waals surface area contributed by atoms with E-state index in [1.54, 1.807) is 7.11 Å². The molecule has 0 heterocycles. The molecule has 0 spiro atoms. The lowest BCUT2D eigenvalue weighted by Gasteiger charge is -2.18. The third-order valence-corrected chi connectivity index (χ3v) is 2.89. The molecule has 0 saturated carbocycles. The van der Waals surface area contributed by atoms with Gasteiger partial charge in [-0.3, -0.25) is 4.79 Å². The molecule has 1 rings (SSSR count). The molecule has 2 atom stereocenters. The summed E-state index contributed by atoms with van der Waals surface area (Å²) in [5.41, 5.74) is 1.85. The van der Waals surface area contributed by atoms with Gasteiger partial charge in [-0.25, -0.2) is 0 Å². The molecule has 0 fully saturated rings. The van der Waals surface area contributed by atoms with Crippen LogP contribution in [0.1, 0.15) is 30.6 Å². The number of aliphatic hydroxyl groups excluding tert-OH is 1. The fourth-order valence-corrected chi connectivity index (χ4v) is 1.76. The summed E-state index contributed by atoms with van der Waals surface area (Å²) in [4.78, 5) is 11.1. The zero-order valence-corrected chi connectivity index (χ0v) is 11.1. The molecule has 4 nitrogen and oxygen atoms in total. The monoisotopic (exact) mass is 252 g/mol. The number of rotatable bonds is 6. The van der Waals surface area contributed by atoms with Gasteiger partial charge < -0.3 is 14.6 Å². The molecule has 1 N–H and O–H groups in total. The first-order valence-corrected chi connectivity index (χ1v) is 5.91. The van der Waals surface area contributed by atoms with Gasteiger partial charge in [0, 0.05) is 7.11 Å². The van der Waals surface area contributed by atoms with E-state index in [9.17, 15) is 9.90 Å². The number of hydrogen-bond acceptors (Lipinski definition) is 4. The lowest BCUT2D eigenvalue weighted by Crippen LogP contribution is -2.14. The first kappa shape index (κ1) is 14.7. The van der Waals surface area contributed by atoms with Crippen molar-refractivity contribution in [1.82, 2.24) is 0 Å². The van der Waals surface area contributed by atoms with E-state index < -0.39 is 6.10 Å². The number of carbonyl (C=O) groups is 1. The summed E-state index contributed by atoms with van der Waals surface area (Å²) in [5.74, 6) is -0.483. The molecule has 0 saturated heterocycles. The second-order valence-electron chi connectivity index (χ2n) is 4.38. The first-order valence-electron chi connectivity index (χ1n) is 5.91. The quantitative estimate of drug-likeness (QED) is 0.787. The second kappa shape index (κ2) is 7.13. The molecule has 0 amide bonds. The average molecular weight is 252 g/mol. The maximum absolute atomic E-state index is 11.1. The fourth-order valence-electron chi connectivity index (χ4n) is 1.76. The summed E-state index contributed by atoms with van der Waals surface area (Å²) in [6.45, 7) is 2.37. The Balaban J connectivity index is 2.65. The highest BCUT2D eigenvalue weighted by atomic mass is 16.5. The van der Waals surface area contributed by atoms with E-state index in [1.807, 2.05) is 31.2 Å². The van der Waals surface area contributed by atoms with E-state index in [-0.39, 0.29) is 18.3 Å². The van der Waals surface area contributed by atoms with Crippen LogP contribution in [0.25, 0.3) is 0 Å². The molecule has 0 aromatic heterocycles. The van der Waals surface area contributed by atoms with Crippen molar-refractivity contribution in [1.29, 1.82) is 0 Å². The van der Waals surface area contributed by atoms with Crippen LogP contribution in [0, 0.1) is 5.92 Å². The lowest BCUT2D eigenvalue weighted by atomic mass is 9.94. The zero-order chi connectivity index (χ0) is 13.5. The molecule has 0 aliphatic heterocycles. The fraction of sp³-hybridized carbons (Fsp3) is 0.500. The molecule has 0 radical (unpaired) electrons. The number of esters is 1. The first-order chi connectivity index (χ1) is 8.58. The van der Waals surface area contributed by atoms with Gasteiger partial charge in [0.05, 0.1) is 26.2 Å². The Hall–Kier alpha value is -1.39. The Morgan fingerprint density at radius 1 is 1.28 bits per heavy atom. The summed E-state index contributed by atoms with van der Waals surface area (Å²) < 4.78 is 9.61. The maximum Gasteiger partial charge on any atom is 0.305 e. The van der Waals surface area contributed by atoms with Crippen LogP contribution in [0.2, 0.25) is 0 Å². The summed E-state index contributed by atoms with van der Waals surface area (Å²) >= 11 is 0. The van der Waals surface area contributed by atoms with Crippen LogP contribution in [0.5, 0.6) is 0 Å². The maximum atomic E-state index is 11.1. The van der Waals surface area contributed by atoms with Crippen molar-refractivity contribution in [3.63, 3.8) is 0 Å². The number of hydrogen-bond donors (Lipinski definition) is 1. The van der Waals surface area contributed by atoms with Crippen molar-refractivity contribution in [2.24, 2.45) is 5.92 Å². The minimum atomic E-state index is -0.666. The molecule has 0 aliphatic carbocycles. The standard InChI is InChI=1S/C14H20O4/c1-10(8-13(15)18-3)14(16)12-6-4-11(5-7-12)9-17-2/h4-7,10,14,16H,8-9H2,1-3H3. The third-order valence-electron chi connectivity index (χ3n) is 2.89. The number of methoxy groups -OCH3 is 2. The number of ether oxygens (including phenoxy) is 2. The Labute approximate surface area is 108 Å². The van der Waals surface area contributed by atoms with Gasteiger partial charge in [0.15, 0.2) is 0 Å². The van der Waals surface area contributed by atoms with Crippen molar-refractivity contribution in [2.45, 2.75) is 26.1 Å². The molecule has 100 valence electrons. The summed E-state index contributed by atoms with van der Waals surface area (Å²) in [7, 11) is 2.99. The molecule has 4 heteroatoms. The predicted molar refractivity (Wildman–Crippen MR) is 67.9 cm³/mol. The van der Waals surface area contributed by atoms with E-state index in [2.05, 4.69) is 4.74 Å². The van der Waals surface area contributed by atoms with Crippen LogP contribution < -0.4 is 0 Å². The highest BCUT2D eigenvalue weighted by molar-refractivity contribution is 5.69. The Bertz CT molecular complexity index is 372. The van der Waals surface area contributed by atoms with E-state index in [0.717, 1.165) is 11.1 Å². The van der Waals surface area contributed by atoms with E-state index in [1.165, 1.54) is 7.11 Å². The van der Waals surface area contributed by atoms with Gasteiger partial charge in [-0.2, -0.15) is 0 Å². The smallest absolute Gasteiger partial charge is 0.305 e. The van der Waals surface area contributed by atoms with Crippen molar-refractivity contribution in [3.8, 4) is 0 Å². The molecule has 0 bridgehead atoms. The zero-order valence-electron chi connectivity index (χ0n) is 11.1. The molecule has 1 aromatic carbocycles. The molecule has 1 aromatic rings. The summed E-state index contributed by atoms with van der Waals surface area (Å²) in [5, 5.41) is 10.1. The van der Waals surface area contributed by atoms with E-state index in [4.69, 9.17) is 4.74 Å². The second-order valence-corrected chi connectivity index (χ2v) is 4.38. The van der Waals surface area contributed by atoms with Gasteiger partial charge >= 0.3 is 5.97 Å². The third kappa shape index (κ3) is 4.13. The molecule has 0 aliphatic rings. The van der Waals surface area contributed by atoms with Gasteiger partial charge in [0.1, 0.15) is 0 Å². The highest BCUT2D eigenvalue weighted by Crippen LogP contribution is 2.24. The molecular weight excluding hydrogens is 232 g/mol. The van der Waals surface area contributed by atoms with Crippen molar-refractivity contribution >= 4 is 5.97 Å². The van der Waals surface area contributed by atoms with Crippen LogP contribution in [-0.4, -0.2) is 25.3 Å². The number of carbonyl (C=O) groups excluding carboxylic acids is 1. The largest absolute Gasteiger partial charge is 0.469 e.